The monoisotopic (exact) mass is 361 g/mol. The van der Waals surface area contributed by atoms with E-state index in [1.807, 2.05) is 26.8 Å². The molecule has 0 atom stereocenters. The summed E-state index contributed by atoms with van der Waals surface area (Å²) in [5, 5.41) is 11.0. The number of fused-ring (bicyclic) bond motifs is 1. The van der Waals surface area contributed by atoms with Crippen LogP contribution < -0.4 is 5.32 Å². The maximum absolute atomic E-state index is 12.5. The van der Waals surface area contributed by atoms with Crippen molar-refractivity contribution in [3.05, 3.63) is 22.1 Å². The lowest BCUT2D eigenvalue weighted by molar-refractivity contribution is -0.167. The van der Waals surface area contributed by atoms with Crippen LogP contribution in [0.2, 0.25) is 0 Å². The topological polar surface area (TPSA) is 66.4 Å². The molecule has 8 heteroatoms. The van der Waals surface area contributed by atoms with Crippen molar-refractivity contribution < 1.29 is 27.9 Å². The van der Waals surface area contributed by atoms with Crippen molar-refractivity contribution in [3.63, 3.8) is 0 Å². The van der Waals surface area contributed by atoms with E-state index in [0.717, 1.165) is 29.8 Å². The summed E-state index contributed by atoms with van der Waals surface area (Å²) in [7, 11) is 0. The lowest BCUT2D eigenvalue weighted by Gasteiger charge is -2.24. The zero-order valence-corrected chi connectivity index (χ0v) is 14.3. The number of carboxylic acid groups (broad SMARTS) is 1. The normalized spacial score (nSPS) is 15.3. The van der Waals surface area contributed by atoms with Crippen molar-refractivity contribution in [1.29, 1.82) is 0 Å². The fourth-order valence-electron chi connectivity index (χ4n) is 2.70. The van der Waals surface area contributed by atoms with Gasteiger partial charge in [0.15, 0.2) is 0 Å². The molecule has 0 bridgehead atoms. The van der Waals surface area contributed by atoms with Gasteiger partial charge >= 0.3 is 18.1 Å². The highest BCUT2D eigenvalue weighted by molar-refractivity contribution is 7.17. The molecule has 0 aromatic carbocycles. The van der Waals surface area contributed by atoms with Gasteiger partial charge in [-0.3, -0.25) is 4.79 Å². The summed E-state index contributed by atoms with van der Waals surface area (Å²) in [6.07, 6.45) is -1.01. The number of halogens is 3. The van der Waals surface area contributed by atoms with E-state index in [-0.39, 0.29) is 16.0 Å². The van der Waals surface area contributed by atoms with Crippen LogP contribution in [0.25, 0.3) is 5.57 Å². The number of aryl methyl sites for hydroxylation is 1. The second-order valence-electron chi connectivity index (χ2n) is 6.62. The Hall–Kier alpha value is -1.83. The van der Waals surface area contributed by atoms with Crippen LogP contribution in [-0.4, -0.2) is 23.2 Å². The highest BCUT2D eigenvalue weighted by Gasteiger charge is 2.40. The molecule has 0 fully saturated rings. The van der Waals surface area contributed by atoms with Crippen molar-refractivity contribution in [2.45, 2.75) is 46.2 Å². The van der Waals surface area contributed by atoms with E-state index >= 15 is 0 Å². The molecule has 1 aromatic heterocycles. The summed E-state index contributed by atoms with van der Waals surface area (Å²) in [5.41, 5.74) is 0.622. The number of hydrogen-bond acceptors (Lipinski definition) is 3. The van der Waals surface area contributed by atoms with E-state index < -0.39 is 18.1 Å². The summed E-state index contributed by atoms with van der Waals surface area (Å²) >= 11 is 0.914. The zero-order chi connectivity index (χ0) is 18.3. The number of amides is 1. The smallest absolute Gasteiger partial charge is 0.471 e. The predicted molar refractivity (Wildman–Crippen MR) is 86.3 cm³/mol. The fourth-order valence-corrected chi connectivity index (χ4v) is 3.94. The molecule has 4 nitrogen and oxygen atoms in total. The lowest BCUT2D eigenvalue weighted by atomic mass is 9.80. The molecule has 0 aliphatic heterocycles. The van der Waals surface area contributed by atoms with Crippen LogP contribution in [-0.2, 0) is 11.2 Å². The van der Waals surface area contributed by atoms with Crippen molar-refractivity contribution >= 4 is 33.8 Å². The summed E-state index contributed by atoms with van der Waals surface area (Å²) in [6, 6.07) is 0. The van der Waals surface area contributed by atoms with E-state index in [0.29, 0.717) is 16.9 Å². The van der Waals surface area contributed by atoms with Gasteiger partial charge in [0.2, 0.25) is 0 Å². The van der Waals surface area contributed by atoms with E-state index in [1.165, 1.54) is 0 Å². The van der Waals surface area contributed by atoms with Crippen molar-refractivity contribution in [2.24, 2.45) is 5.41 Å². The third-order valence-corrected chi connectivity index (χ3v) is 4.88. The standard InChI is InChI=1S/C16H18F3NO3S/c1-15(2,3)8-6-4-5-7-9-10(8)11(13(21)22)12(24-9)20-14(23)16(17,18)19/h6H,4-5,7H2,1-3H3,(H,20,23)(H,21,22). The molecule has 0 saturated heterocycles. The first kappa shape index (κ1) is 18.5. The third-order valence-electron chi connectivity index (χ3n) is 3.71. The lowest BCUT2D eigenvalue weighted by Crippen LogP contribution is -2.30. The summed E-state index contributed by atoms with van der Waals surface area (Å²) in [4.78, 5) is 23.6. The Balaban J connectivity index is 2.62. The molecule has 1 heterocycles. The molecule has 1 aliphatic rings. The minimum atomic E-state index is -5.07. The third kappa shape index (κ3) is 3.63. The van der Waals surface area contributed by atoms with Crippen molar-refractivity contribution in [2.75, 3.05) is 5.32 Å². The molecule has 1 aliphatic carbocycles. The van der Waals surface area contributed by atoms with E-state index in [9.17, 15) is 27.9 Å². The fraction of sp³-hybridized carbons (Fsp3) is 0.500. The van der Waals surface area contributed by atoms with Crippen molar-refractivity contribution in [1.82, 2.24) is 0 Å². The number of anilines is 1. The zero-order valence-electron chi connectivity index (χ0n) is 13.5. The first-order valence-corrected chi connectivity index (χ1v) is 8.22. The van der Waals surface area contributed by atoms with E-state index in [1.54, 1.807) is 5.32 Å². The first-order valence-electron chi connectivity index (χ1n) is 7.41. The number of carboxylic acids is 1. The van der Waals surface area contributed by atoms with Gasteiger partial charge in [-0.1, -0.05) is 26.8 Å². The Kier molecular flexibility index (Phi) is 4.81. The van der Waals surface area contributed by atoms with Crippen molar-refractivity contribution in [3.8, 4) is 0 Å². The molecule has 132 valence electrons. The number of aromatic carboxylic acids is 1. The van der Waals surface area contributed by atoms with Gasteiger partial charge in [0.05, 0.1) is 0 Å². The van der Waals surface area contributed by atoms with Crippen LogP contribution >= 0.6 is 11.3 Å². The second-order valence-corrected chi connectivity index (χ2v) is 7.73. The predicted octanol–water partition coefficient (Wildman–Crippen LogP) is 4.71. The number of rotatable bonds is 2. The van der Waals surface area contributed by atoms with Gasteiger partial charge in [0, 0.05) is 10.4 Å². The minimum absolute atomic E-state index is 0.254. The van der Waals surface area contributed by atoms with Gasteiger partial charge in [-0.05, 0) is 30.3 Å². The Morgan fingerprint density at radius 3 is 2.38 bits per heavy atom. The molecule has 24 heavy (non-hydrogen) atoms. The average Bonchev–Trinajstić information content (AvgIpc) is 2.60. The molecular weight excluding hydrogens is 343 g/mol. The molecule has 1 aromatic rings. The van der Waals surface area contributed by atoms with Gasteiger partial charge in [-0.25, -0.2) is 4.79 Å². The molecule has 1 amide bonds. The summed E-state index contributed by atoms with van der Waals surface area (Å²) in [6.45, 7) is 5.77. The molecule has 0 unspecified atom stereocenters. The van der Waals surface area contributed by atoms with Gasteiger partial charge in [-0.15, -0.1) is 11.3 Å². The Morgan fingerprint density at radius 1 is 1.25 bits per heavy atom. The molecule has 0 radical (unpaired) electrons. The second kappa shape index (κ2) is 6.23. The van der Waals surface area contributed by atoms with Crippen LogP contribution in [0.15, 0.2) is 6.08 Å². The number of thiophene rings is 1. The number of nitrogens with one attached hydrogen (secondary N) is 1. The van der Waals surface area contributed by atoms with E-state index in [4.69, 9.17) is 0 Å². The summed E-state index contributed by atoms with van der Waals surface area (Å²) in [5.74, 6) is -3.51. The average molecular weight is 361 g/mol. The van der Waals surface area contributed by atoms with Gasteiger partial charge in [-0.2, -0.15) is 13.2 Å². The Morgan fingerprint density at radius 2 is 1.88 bits per heavy atom. The minimum Gasteiger partial charge on any atom is -0.478 e. The highest BCUT2D eigenvalue weighted by Crippen LogP contribution is 2.46. The number of alkyl halides is 3. The summed E-state index contributed by atoms with van der Waals surface area (Å²) < 4.78 is 37.5. The molecule has 2 N–H and O–H groups in total. The first-order chi connectivity index (χ1) is 10.9. The largest absolute Gasteiger partial charge is 0.478 e. The van der Waals surface area contributed by atoms with Crippen LogP contribution in [0.3, 0.4) is 0 Å². The van der Waals surface area contributed by atoms with Crippen LogP contribution in [0.1, 0.15) is 54.4 Å². The molecule has 0 saturated carbocycles. The number of carbonyl (C=O) groups excluding carboxylic acids is 1. The van der Waals surface area contributed by atoms with Crippen LogP contribution in [0.5, 0.6) is 0 Å². The molecule has 2 rings (SSSR count). The number of hydrogen-bond donors (Lipinski definition) is 2. The van der Waals surface area contributed by atoms with Gasteiger partial charge in [0.1, 0.15) is 10.6 Å². The molecule has 0 spiro atoms. The van der Waals surface area contributed by atoms with Crippen LogP contribution in [0.4, 0.5) is 18.2 Å². The van der Waals surface area contributed by atoms with Gasteiger partial charge < -0.3 is 10.4 Å². The maximum atomic E-state index is 12.5. The SMILES string of the molecule is CC(C)(C)C1=CCCCc2sc(NC(=O)C(F)(F)F)c(C(=O)O)c21. The quantitative estimate of drug-likeness (QED) is 0.801. The number of carbonyl (C=O) groups is 2. The Labute approximate surface area is 141 Å². The van der Waals surface area contributed by atoms with E-state index in [2.05, 4.69) is 0 Å². The molecular formula is C16H18F3NO3S. The highest BCUT2D eigenvalue weighted by atomic mass is 32.1. The van der Waals surface area contributed by atoms with Gasteiger partial charge in [0.25, 0.3) is 0 Å². The maximum Gasteiger partial charge on any atom is 0.471 e. The Bertz CT molecular complexity index is 711. The number of allylic oxidation sites excluding steroid dienone is 2. The van der Waals surface area contributed by atoms with Crippen LogP contribution in [0, 0.1) is 5.41 Å².